The number of ether oxygens (including phenoxy) is 2. The molecule has 0 amide bonds. The largest absolute Gasteiger partial charge is 0.457 e. The minimum atomic E-state index is -0.516. The number of thioether (sulfide) groups is 1. The van der Waals surface area contributed by atoms with E-state index in [-0.39, 0.29) is 17.7 Å². The Bertz CT molecular complexity index is 550. The zero-order valence-electron chi connectivity index (χ0n) is 13.9. The first-order valence-electron chi connectivity index (χ1n) is 6.86. The maximum atomic E-state index is 11.3. The third-order valence-corrected chi connectivity index (χ3v) is 3.22. The van der Waals surface area contributed by atoms with Crippen molar-refractivity contribution in [2.75, 3.05) is 6.61 Å². The minimum absolute atomic E-state index is 0.0219. The summed E-state index contributed by atoms with van der Waals surface area (Å²) >= 11 is 1.15. The van der Waals surface area contributed by atoms with Crippen molar-refractivity contribution in [3.8, 4) is 0 Å². The van der Waals surface area contributed by atoms with Crippen molar-refractivity contribution in [3.63, 3.8) is 0 Å². The van der Waals surface area contributed by atoms with Crippen molar-refractivity contribution in [1.82, 2.24) is 0 Å². The van der Waals surface area contributed by atoms with Gasteiger partial charge in [0.1, 0.15) is 12.2 Å². The Hall–Kier alpha value is -2.08. The van der Waals surface area contributed by atoms with Gasteiger partial charge >= 0.3 is 11.9 Å². The highest BCUT2D eigenvalue weighted by molar-refractivity contribution is 8.18. The first kappa shape index (κ1) is 20.9. The molecule has 0 spiro atoms. The van der Waals surface area contributed by atoms with E-state index in [1.54, 1.807) is 6.08 Å². The summed E-state index contributed by atoms with van der Waals surface area (Å²) in [5, 5.41) is -0.0602. The molecule has 0 N–H and O–H groups in total. The molecule has 0 atom stereocenters. The van der Waals surface area contributed by atoms with Crippen LogP contribution >= 0.6 is 11.8 Å². The van der Waals surface area contributed by atoms with E-state index >= 15 is 0 Å². The topological polar surface area (TPSA) is 69.7 Å². The Kier molecular flexibility index (Phi) is 8.95. The van der Waals surface area contributed by atoms with Crippen molar-refractivity contribution < 1.29 is 23.9 Å². The molecule has 0 fully saturated rings. The fourth-order valence-electron chi connectivity index (χ4n) is 1.23. The Morgan fingerprint density at radius 3 is 2.13 bits per heavy atom. The lowest BCUT2D eigenvalue weighted by Crippen LogP contribution is -2.22. The molecule has 126 valence electrons. The molecule has 0 saturated carbocycles. The van der Waals surface area contributed by atoms with Gasteiger partial charge in [-0.25, -0.2) is 9.59 Å². The van der Waals surface area contributed by atoms with E-state index in [9.17, 15) is 14.4 Å². The van der Waals surface area contributed by atoms with Crippen LogP contribution in [0, 0.1) is 0 Å². The maximum Gasteiger partial charge on any atom is 0.330 e. The first-order valence-corrected chi connectivity index (χ1v) is 7.68. The Morgan fingerprint density at radius 1 is 1.22 bits per heavy atom. The molecule has 0 aliphatic carbocycles. The van der Waals surface area contributed by atoms with Crippen LogP contribution in [0.4, 0.5) is 0 Å². The predicted octanol–water partition coefficient (Wildman–Crippen LogP) is 3.33. The summed E-state index contributed by atoms with van der Waals surface area (Å²) in [6.07, 6.45) is 5.79. The highest BCUT2D eigenvalue weighted by Gasteiger charge is 2.20. The van der Waals surface area contributed by atoms with Crippen LogP contribution in [0.1, 0.15) is 27.7 Å². The number of hydrogen-bond acceptors (Lipinski definition) is 6. The number of hydrogen-bond donors (Lipinski definition) is 0. The third kappa shape index (κ3) is 9.52. The number of esters is 2. The fourth-order valence-corrected chi connectivity index (χ4v) is 2.01. The lowest BCUT2D eigenvalue weighted by Gasteiger charge is -2.17. The molecule has 1 rings (SSSR count). The summed E-state index contributed by atoms with van der Waals surface area (Å²) < 4.78 is 9.58. The van der Waals surface area contributed by atoms with Gasteiger partial charge in [0.05, 0.1) is 0 Å². The summed E-state index contributed by atoms with van der Waals surface area (Å²) in [6, 6.07) is 0. The van der Waals surface area contributed by atoms with Gasteiger partial charge in [0, 0.05) is 22.6 Å². The van der Waals surface area contributed by atoms with Gasteiger partial charge in [0.15, 0.2) is 0 Å². The van der Waals surface area contributed by atoms with E-state index in [0.29, 0.717) is 5.57 Å². The van der Waals surface area contributed by atoms with Crippen LogP contribution in [-0.2, 0) is 23.9 Å². The van der Waals surface area contributed by atoms with Crippen LogP contribution in [0.2, 0.25) is 0 Å². The van der Waals surface area contributed by atoms with Crippen molar-refractivity contribution in [3.05, 3.63) is 47.9 Å². The van der Waals surface area contributed by atoms with Gasteiger partial charge in [0.25, 0.3) is 0 Å². The van der Waals surface area contributed by atoms with E-state index in [0.717, 1.165) is 28.8 Å². The van der Waals surface area contributed by atoms with Crippen molar-refractivity contribution in [1.29, 1.82) is 0 Å². The lowest BCUT2D eigenvalue weighted by molar-refractivity contribution is -0.148. The Balaban J connectivity index is 0.000000468. The SMILES string of the molecule is C=CC(=O)OC(C)(C)C.C=CC(=O)OCC1=C/C(=C/C)SC1=O. The van der Waals surface area contributed by atoms with Crippen LogP contribution in [0.5, 0.6) is 0 Å². The van der Waals surface area contributed by atoms with Gasteiger partial charge in [-0.15, -0.1) is 0 Å². The minimum Gasteiger partial charge on any atom is -0.457 e. The van der Waals surface area contributed by atoms with Gasteiger partial charge in [0.2, 0.25) is 5.12 Å². The summed E-state index contributed by atoms with van der Waals surface area (Å²) in [4.78, 5) is 33.4. The van der Waals surface area contributed by atoms with E-state index < -0.39 is 11.6 Å². The summed E-state index contributed by atoms with van der Waals surface area (Å²) in [5.74, 6) is -0.889. The second kappa shape index (κ2) is 9.84. The molecule has 0 saturated heterocycles. The molecular weight excluding hydrogens is 316 g/mol. The molecule has 1 heterocycles. The smallest absolute Gasteiger partial charge is 0.330 e. The molecule has 23 heavy (non-hydrogen) atoms. The van der Waals surface area contributed by atoms with E-state index in [2.05, 4.69) is 13.2 Å². The quantitative estimate of drug-likeness (QED) is 0.578. The average molecular weight is 338 g/mol. The zero-order valence-corrected chi connectivity index (χ0v) is 14.7. The zero-order chi connectivity index (χ0) is 18.0. The van der Waals surface area contributed by atoms with Crippen LogP contribution in [0.3, 0.4) is 0 Å². The second-order valence-corrected chi connectivity index (χ2v) is 6.35. The van der Waals surface area contributed by atoms with Crippen molar-refractivity contribution in [2.45, 2.75) is 33.3 Å². The fraction of sp³-hybridized carbons (Fsp3) is 0.353. The lowest BCUT2D eigenvalue weighted by atomic mass is 10.2. The van der Waals surface area contributed by atoms with E-state index in [4.69, 9.17) is 9.47 Å². The summed E-state index contributed by atoms with van der Waals surface area (Å²) in [6.45, 7) is 13.8. The predicted molar refractivity (Wildman–Crippen MR) is 91.6 cm³/mol. The van der Waals surface area contributed by atoms with Crippen LogP contribution < -0.4 is 0 Å². The van der Waals surface area contributed by atoms with Crippen LogP contribution in [0.25, 0.3) is 0 Å². The first-order chi connectivity index (χ1) is 10.6. The normalized spacial score (nSPS) is 15.2. The van der Waals surface area contributed by atoms with Gasteiger partial charge in [-0.3, -0.25) is 4.79 Å². The maximum absolute atomic E-state index is 11.3. The molecule has 0 aromatic heterocycles. The van der Waals surface area contributed by atoms with Crippen molar-refractivity contribution >= 4 is 28.8 Å². The Labute approximate surface area is 141 Å². The monoisotopic (exact) mass is 338 g/mol. The van der Waals surface area contributed by atoms with E-state index in [1.807, 2.05) is 33.8 Å². The number of carbonyl (C=O) groups excluding carboxylic acids is 3. The number of rotatable bonds is 4. The number of allylic oxidation sites excluding steroid dienone is 2. The van der Waals surface area contributed by atoms with E-state index in [1.165, 1.54) is 0 Å². The van der Waals surface area contributed by atoms with Gasteiger partial charge < -0.3 is 9.47 Å². The summed E-state index contributed by atoms with van der Waals surface area (Å²) in [7, 11) is 0. The molecule has 0 unspecified atom stereocenters. The average Bonchev–Trinajstić information content (AvgIpc) is 2.84. The van der Waals surface area contributed by atoms with Crippen LogP contribution in [-0.4, -0.2) is 29.3 Å². The van der Waals surface area contributed by atoms with Gasteiger partial charge in [-0.2, -0.15) is 0 Å². The highest BCUT2D eigenvalue weighted by Crippen LogP contribution is 2.30. The van der Waals surface area contributed by atoms with Gasteiger partial charge in [-0.05, 0) is 45.5 Å². The molecule has 1 aliphatic heterocycles. The number of carbonyl (C=O) groups is 3. The Morgan fingerprint density at radius 2 is 1.78 bits per heavy atom. The molecule has 1 aliphatic rings. The molecule has 0 aromatic rings. The molecule has 0 aromatic carbocycles. The van der Waals surface area contributed by atoms with Gasteiger partial charge in [-0.1, -0.05) is 19.2 Å². The standard InChI is InChI=1S/C10H10O3S.C7H12O2/c1-3-8-5-7(10(12)14-8)6-13-9(11)4-2;1-5-6(8)9-7(2,3)4/h3-5H,2,6H2,1H3;5H,1H2,2-4H3/b8-3-;. The highest BCUT2D eigenvalue weighted by atomic mass is 32.2. The molecule has 5 nitrogen and oxygen atoms in total. The third-order valence-electron chi connectivity index (χ3n) is 2.18. The second-order valence-electron chi connectivity index (χ2n) is 5.30. The molecule has 0 radical (unpaired) electrons. The molecule has 0 bridgehead atoms. The van der Waals surface area contributed by atoms with Crippen molar-refractivity contribution in [2.24, 2.45) is 0 Å². The summed E-state index contributed by atoms with van der Waals surface area (Å²) in [5.41, 5.74) is 0.115. The molecular formula is C17H22O5S. The van der Waals surface area contributed by atoms with Crippen LogP contribution in [0.15, 0.2) is 47.9 Å². The molecule has 6 heteroatoms.